The molecule has 1 aromatic heterocycles. The van der Waals surface area contributed by atoms with Crippen molar-refractivity contribution in [3.63, 3.8) is 0 Å². The molecule has 0 aliphatic heterocycles. The van der Waals surface area contributed by atoms with Gasteiger partial charge in [0.2, 0.25) is 0 Å². The van der Waals surface area contributed by atoms with E-state index < -0.39 is 10.0 Å². The molecular weight excluding hydrogens is 360 g/mol. The lowest BCUT2D eigenvalue weighted by Gasteiger charge is -2.15. The number of rotatable bonds is 6. The van der Waals surface area contributed by atoms with E-state index in [9.17, 15) is 8.42 Å². The molecule has 0 amide bonds. The van der Waals surface area contributed by atoms with Crippen molar-refractivity contribution in [3.05, 3.63) is 77.4 Å². The smallest absolute Gasteiger partial charge is 0.263 e. The first-order chi connectivity index (χ1) is 12.8. The number of aryl methyl sites for hydroxylation is 2. The van der Waals surface area contributed by atoms with Crippen molar-refractivity contribution < 1.29 is 8.42 Å². The third-order valence-electron chi connectivity index (χ3n) is 4.19. The molecule has 0 fully saturated rings. The lowest BCUT2D eigenvalue weighted by Crippen LogP contribution is -2.16. The van der Waals surface area contributed by atoms with Gasteiger partial charge < -0.3 is 5.32 Å². The standard InChI is InChI=1S/C20H22N4O2S/c1-14-9-10-18(15(2)13-14)27(25,26)24-20-12-11-19(22-23-20)21-16(3)17-7-5-4-6-8-17/h4-13,16H,1-3H3,(H,21,22)(H,23,24). The summed E-state index contributed by atoms with van der Waals surface area (Å²) in [4.78, 5) is 0.231. The van der Waals surface area contributed by atoms with E-state index in [4.69, 9.17) is 0 Å². The number of nitrogens with zero attached hydrogens (tertiary/aromatic N) is 2. The van der Waals surface area contributed by atoms with Gasteiger partial charge in [0.05, 0.1) is 4.90 Å². The molecule has 0 bridgehead atoms. The van der Waals surface area contributed by atoms with Gasteiger partial charge in [-0.25, -0.2) is 8.42 Å². The molecule has 1 unspecified atom stereocenters. The van der Waals surface area contributed by atoms with Gasteiger partial charge in [0, 0.05) is 6.04 Å². The first-order valence-corrected chi connectivity index (χ1v) is 10.1. The minimum absolute atomic E-state index is 0.0539. The summed E-state index contributed by atoms with van der Waals surface area (Å²) in [5.41, 5.74) is 2.82. The molecule has 6 nitrogen and oxygen atoms in total. The summed E-state index contributed by atoms with van der Waals surface area (Å²) < 4.78 is 27.7. The molecule has 0 radical (unpaired) electrons. The number of benzene rings is 2. The molecule has 1 atom stereocenters. The highest BCUT2D eigenvalue weighted by atomic mass is 32.2. The van der Waals surface area contributed by atoms with Crippen LogP contribution in [0.2, 0.25) is 0 Å². The summed E-state index contributed by atoms with van der Waals surface area (Å²) >= 11 is 0. The highest BCUT2D eigenvalue weighted by molar-refractivity contribution is 7.92. The number of aromatic nitrogens is 2. The Hall–Kier alpha value is -2.93. The second-order valence-corrected chi connectivity index (χ2v) is 8.11. The molecule has 140 valence electrons. The van der Waals surface area contributed by atoms with Gasteiger partial charge in [-0.3, -0.25) is 4.72 Å². The van der Waals surface area contributed by atoms with Crippen LogP contribution in [0.4, 0.5) is 11.6 Å². The molecule has 0 aliphatic rings. The van der Waals surface area contributed by atoms with E-state index >= 15 is 0 Å². The average Bonchev–Trinajstić information content (AvgIpc) is 2.63. The van der Waals surface area contributed by atoms with Gasteiger partial charge in [0.15, 0.2) is 5.82 Å². The fourth-order valence-electron chi connectivity index (χ4n) is 2.80. The molecule has 0 aliphatic carbocycles. The van der Waals surface area contributed by atoms with Crippen LogP contribution in [0.1, 0.15) is 29.7 Å². The van der Waals surface area contributed by atoms with E-state index in [1.807, 2.05) is 50.2 Å². The number of sulfonamides is 1. The third kappa shape index (κ3) is 4.62. The molecule has 3 rings (SSSR count). The topological polar surface area (TPSA) is 84.0 Å². The van der Waals surface area contributed by atoms with Crippen molar-refractivity contribution in [1.82, 2.24) is 10.2 Å². The lowest BCUT2D eigenvalue weighted by molar-refractivity contribution is 0.600. The Morgan fingerprint density at radius 2 is 1.56 bits per heavy atom. The molecule has 27 heavy (non-hydrogen) atoms. The van der Waals surface area contributed by atoms with Gasteiger partial charge in [-0.05, 0) is 50.1 Å². The third-order valence-corrected chi connectivity index (χ3v) is 5.70. The van der Waals surface area contributed by atoms with Gasteiger partial charge in [-0.2, -0.15) is 0 Å². The molecular formula is C20H22N4O2S. The zero-order chi connectivity index (χ0) is 19.4. The predicted octanol–water partition coefficient (Wildman–Crippen LogP) is 4.07. The zero-order valence-electron chi connectivity index (χ0n) is 15.5. The monoisotopic (exact) mass is 382 g/mol. The summed E-state index contributed by atoms with van der Waals surface area (Å²) in [7, 11) is -3.71. The van der Waals surface area contributed by atoms with Crippen molar-refractivity contribution in [3.8, 4) is 0 Å². The van der Waals surface area contributed by atoms with Crippen LogP contribution in [-0.2, 0) is 10.0 Å². The zero-order valence-corrected chi connectivity index (χ0v) is 16.3. The van der Waals surface area contributed by atoms with Crippen LogP contribution in [-0.4, -0.2) is 18.6 Å². The second kappa shape index (κ2) is 7.75. The summed E-state index contributed by atoms with van der Waals surface area (Å²) in [5.74, 6) is 0.744. The quantitative estimate of drug-likeness (QED) is 0.671. The van der Waals surface area contributed by atoms with Crippen molar-refractivity contribution in [2.45, 2.75) is 31.7 Å². The predicted molar refractivity (Wildman–Crippen MR) is 107 cm³/mol. The van der Waals surface area contributed by atoms with Crippen molar-refractivity contribution in [2.24, 2.45) is 0 Å². The number of anilines is 2. The summed E-state index contributed by atoms with van der Waals surface area (Å²) in [6.07, 6.45) is 0. The molecule has 3 aromatic rings. The van der Waals surface area contributed by atoms with E-state index in [-0.39, 0.29) is 16.8 Å². The maximum Gasteiger partial charge on any atom is 0.263 e. The summed E-state index contributed by atoms with van der Waals surface area (Å²) in [6.45, 7) is 5.71. The highest BCUT2D eigenvalue weighted by Crippen LogP contribution is 2.21. The first kappa shape index (κ1) is 18.8. The largest absolute Gasteiger partial charge is 0.362 e. The molecule has 2 aromatic carbocycles. The Kier molecular flexibility index (Phi) is 5.41. The molecule has 1 heterocycles. The van der Waals surface area contributed by atoms with E-state index in [1.165, 1.54) is 0 Å². The van der Waals surface area contributed by atoms with Crippen molar-refractivity contribution >= 4 is 21.7 Å². The van der Waals surface area contributed by atoms with E-state index in [1.54, 1.807) is 31.2 Å². The minimum atomic E-state index is -3.71. The molecule has 7 heteroatoms. The fraction of sp³-hybridized carbons (Fsp3) is 0.200. The Morgan fingerprint density at radius 3 is 2.19 bits per heavy atom. The number of nitrogens with one attached hydrogen (secondary N) is 2. The SMILES string of the molecule is Cc1ccc(S(=O)(=O)Nc2ccc(NC(C)c3ccccc3)nn2)c(C)c1. The van der Waals surface area contributed by atoms with E-state index in [2.05, 4.69) is 20.2 Å². The minimum Gasteiger partial charge on any atom is -0.362 e. The van der Waals surface area contributed by atoms with Gasteiger partial charge in [-0.1, -0.05) is 48.0 Å². The van der Waals surface area contributed by atoms with Crippen LogP contribution >= 0.6 is 0 Å². The molecule has 0 saturated heterocycles. The fourth-order valence-corrected chi connectivity index (χ4v) is 4.03. The normalized spacial score (nSPS) is 12.4. The van der Waals surface area contributed by atoms with E-state index in [0.29, 0.717) is 11.4 Å². The van der Waals surface area contributed by atoms with Crippen LogP contribution < -0.4 is 10.0 Å². The Balaban J connectivity index is 1.72. The van der Waals surface area contributed by atoms with Crippen LogP contribution in [0, 0.1) is 13.8 Å². The van der Waals surface area contributed by atoms with Gasteiger partial charge in [0.1, 0.15) is 5.82 Å². The van der Waals surface area contributed by atoms with E-state index in [0.717, 1.165) is 11.1 Å². The average molecular weight is 382 g/mol. The van der Waals surface area contributed by atoms with Crippen LogP contribution in [0.5, 0.6) is 0 Å². The van der Waals surface area contributed by atoms with Crippen LogP contribution in [0.25, 0.3) is 0 Å². The maximum absolute atomic E-state index is 12.6. The molecule has 0 saturated carbocycles. The Morgan fingerprint density at radius 1 is 0.889 bits per heavy atom. The Bertz CT molecular complexity index is 1020. The van der Waals surface area contributed by atoms with Crippen molar-refractivity contribution in [2.75, 3.05) is 10.0 Å². The first-order valence-electron chi connectivity index (χ1n) is 8.60. The lowest BCUT2D eigenvalue weighted by atomic mass is 10.1. The Labute approximate surface area is 159 Å². The second-order valence-electron chi connectivity index (χ2n) is 6.45. The summed E-state index contributed by atoms with van der Waals surface area (Å²) in [5, 5.41) is 11.3. The van der Waals surface area contributed by atoms with Gasteiger partial charge in [0.25, 0.3) is 10.0 Å². The highest BCUT2D eigenvalue weighted by Gasteiger charge is 2.17. The van der Waals surface area contributed by atoms with Gasteiger partial charge >= 0.3 is 0 Å². The number of hydrogen-bond acceptors (Lipinski definition) is 5. The molecule has 0 spiro atoms. The maximum atomic E-state index is 12.6. The summed E-state index contributed by atoms with van der Waals surface area (Å²) in [6, 6.07) is 18.5. The van der Waals surface area contributed by atoms with Crippen molar-refractivity contribution in [1.29, 1.82) is 0 Å². The number of hydrogen-bond donors (Lipinski definition) is 2. The van der Waals surface area contributed by atoms with Crippen LogP contribution in [0.15, 0.2) is 65.6 Å². The van der Waals surface area contributed by atoms with Crippen LogP contribution in [0.3, 0.4) is 0 Å². The molecule has 2 N–H and O–H groups in total. The van der Waals surface area contributed by atoms with Gasteiger partial charge in [-0.15, -0.1) is 10.2 Å².